The molecule has 0 amide bonds. The number of halogens is 6. The zero-order chi connectivity index (χ0) is 12.7. The highest BCUT2D eigenvalue weighted by molar-refractivity contribution is 5.31. The van der Waals surface area contributed by atoms with Crippen LogP contribution in [-0.2, 0) is 6.18 Å². The summed E-state index contributed by atoms with van der Waals surface area (Å²) >= 11 is 0. The second-order valence-corrected chi connectivity index (χ2v) is 3.60. The van der Waals surface area contributed by atoms with Gasteiger partial charge in [0.15, 0.2) is 11.6 Å². The first-order valence-electron chi connectivity index (χ1n) is 4.40. The van der Waals surface area contributed by atoms with Gasteiger partial charge in [-0.2, -0.15) is 13.2 Å². The van der Waals surface area contributed by atoms with Crippen molar-refractivity contribution < 1.29 is 26.3 Å². The van der Waals surface area contributed by atoms with Gasteiger partial charge in [0.1, 0.15) is 11.4 Å². The molecule has 6 heteroatoms. The van der Waals surface area contributed by atoms with Gasteiger partial charge in [-0.15, -0.1) is 0 Å². The summed E-state index contributed by atoms with van der Waals surface area (Å²) in [6, 6.07) is 0.381. The Morgan fingerprint density at radius 3 is 1.88 bits per heavy atom. The van der Waals surface area contributed by atoms with Crippen molar-refractivity contribution in [3.05, 3.63) is 34.6 Å². The van der Waals surface area contributed by atoms with Gasteiger partial charge in [-0.05, 0) is 17.5 Å². The van der Waals surface area contributed by atoms with Gasteiger partial charge >= 0.3 is 6.18 Å². The summed E-state index contributed by atoms with van der Waals surface area (Å²) in [5, 5.41) is 0. The van der Waals surface area contributed by atoms with Crippen LogP contribution < -0.4 is 0 Å². The summed E-state index contributed by atoms with van der Waals surface area (Å²) in [5.41, 5.74) is -2.60. The molecule has 0 atom stereocenters. The Hall–Kier alpha value is -1.20. The maximum absolute atomic E-state index is 13.2. The predicted molar refractivity (Wildman–Crippen MR) is 45.4 cm³/mol. The van der Waals surface area contributed by atoms with Crippen LogP contribution in [0.4, 0.5) is 26.3 Å². The summed E-state index contributed by atoms with van der Waals surface area (Å²) in [6.45, 7) is 2.84. The molecule has 0 spiro atoms. The molecule has 0 aliphatic carbocycles. The fourth-order valence-corrected chi connectivity index (χ4v) is 1.29. The summed E-state index contributed by atoms with van der Waals surface area (Å²) in [6.07, 6.45) is -5.25. The van der Waals surface area contributed by atoms with Crippen LogP contribution in [0.1, 0.15) is 30.9 Å². The lowest BCUT2D eigenvalue weighted by Crippen LogP contribution is -2.14. The standard InChI is InChI=1S/C10H8F6/c1-4(2)5-3-6(11)7(10(14,15)16)9(13)8(5)12/h3-4H,1-2H3. The molecule has 0 saturated carbocycles. The maximum Gasteiger partial charge on any atom is 0.422 e. The monoisotopic (exact) mass is 242 g/mol. The van der Waals surface area contributed by atoms with Crippen LogP contribution in [-0.4, -0.2) is 0 Å². The lowest BCUT2D eigenvalue weighted by molar-refractivity contribution is -0.142. The van der Waals surface area contributed by atoms with Crippen molar-refractivity contribution in [3.63, 3.8) is 0 Å². The van der Waals surface area contributed by atoms with Crippen LogP contribution in [0.2, 0.25) is 0 Å². The lowest BCUT2D eigenvalue weighted by Gasteiger charge is -2.14. The zero-order valence-corrected chi connectivity index (χ0v) is 8.42. The van der Waals surface area contributed by atoms with Crippen LogP contribution >= 0.6 is 0 Å². The van der Waals surface area contributed by atoms with Gasteiger partial charge < -0.3 is 0 Å². The summed E-state index contributed by atoms with van der Waals surface area (Å²) in [5.74, 6) is -6.23. The fourth-order valence-electron chi connectivity index (χ4n) is 1.29. The quantitative estimate of drug-likeness (QED) is 0.510. The molecular weight excluding hydrogens is 234 g/mol. The Kier molecular flexibility index (Phi) is 3.21. The average molecular weight is 242 g/mol. The number of benzene rings is 1. The maximum atomic E-state index is 13.2. The molecule has 0 heterocycles. The highest BCUT2D eigenvalue weighted by atomic mass is 19.4. The molecule has 0 unspecified atom stereocenters. The lowest BCUT2D eigenvalue weighted by atomic mass is 9.99. The fraction of sp³-hybridized carbons (Fsp3) is 0.400. The summed E-state index contributed by atoms with van der Waals surface area (Å²) in [7, 11) is 0. The van der Waals surface area contributed by atoms with Crippen LogP contribution in [0.25, 0.3) is 0 Å². The van der Waals surface area contributed by atoms with Crippen LogP contribution in [0, 0.1) is 17.5 Å². The van der Waals surface area contributed by atoms with E-state index in [0.717, 1.165) is 0 Å². The molecule has 0 aromatic heterocycles. The largest absolute Gasteiger partial charge is 0.422 e. The van der Waals surface area contributed by atoms with E-state index in [1.54, 1.807) is 0 Å². The highest BCUT2D eigenvalue weighted by Gasteiger charge is 2.40. The van der Waals surface area contributed by atoms with E-state index in [-0.39, 0.29) is 0 Å². The van der Waals surface area contributed by atoms with Gasteiger partial charge in [0.2, 0.25) is 0 Å². The predicted octanol–water partition coefficient (Wildman–Crippen LogP) is 4.25. The molecule has 0 nitrogen and oxygen atoms in total. The van der Waals surface area contributed by atoms with E-state index in [1.165, 1.54) is 13.8 Å². The zero-order valence-electron chi connectivity index (χ0n) is 8.42. The molecule has 90 valence electrons. The van der Waals surface area contributed by atoms with Crippen molar-refractivity contribution in [1.29, 1.82) is 0 Å². The number of hydrogen-bond acceptors (Lipinski definition) is 0. The molecular formula is C10H8F6. The average Bonchev–Trinajstić information content (AvgIpc) is 2.08. The van der Waals surface area contributed by atoms with Gasteiger partial charge in [0.05, 0.1) is 0 Å². The smallest absolute Gasteiger partial charge is 0.206 e. The Morgan fingerprint density at radius 2 is 1.50 bits per heavy atom. The van der Waals surface area contributed by atoms with Gasteiger partial charge in [0.25, 0.3) is 0 Å². The van der Waals surface area contributed by atoms with Crippen LogP contribution in [0.15, 0.2) is 6.07 Å². The normalized spacial score (nSPS) is 12.3. The van der Waals surface area contributed by atoms with Crippen LogP contribution in [0.3, 0.4) is 0 Å². The van der Waals surface area contributed by atoms with Gasteiger partial charge in [0, 0.05) is 0 Å². The number of alkyl halides is 3. The molecule has 1 aromatic rings. The molecule has 0 aliphatic rings. The van der Waals surface area contributed by atoms with Crippen molar-refractivity contribution in [2.45, 2.75) is 25.9 Å². The molecule has 0 radical (unpaired) electrons. The molecule has 0 aliphatic heterocycles. The first kappa shape index (κ1) is 12.9. The van der Waals surface area contributed by atoms with E-state index >= 15 is 0 Å². The Labute approximate surface area is 87.9 Å². The van der Waals surface area contributed by atoms with Crippen LogP contribution in [0.5, 0.6) is 0 Å². The van der Waals surface area contributed by atoms with Gasteiger partial charge in [-0.25, -0.2) is 13.2 Å². The minimum Gasteiger partial charge on any atom is -0.206 e. The molecule has 0 bridgehead atoms. The molecule has 16 heavy (non-hydrogen) atoms. The first-order valence-corrected chi connectivity index (χ1v) is 4.40. The van der Waals surface area contributed by atoms with E-state index in [1.807, 2.05) is 0 Å². The van der Waals surface area contributed by atoms with E-state index in [4.69, 9.17) is 0 Å². The topological polar surface area (TPSA) is 0 Å². The summed E-state index contributed by atoms with van der Waals surface area (Å²) in [4.78, 5) is 0. The molecule has 1 rings (SSSR count). The van der Waals surface area contributed by atoms with Crippen molar-refractivity contribution in [1.82, 2.24) is 0 Å². The summed E-state index contributed by atoms with van der Waals surface area (Å²) < 4.78 is 75.8. The van der Waals surface area contributed by atoms with E-state index < -0.39 is 40.7 Å². The van der Waals surface area contributed by atoms with Crippen molar-refractivity contribution in [2.75, 3.05) is 0 Å². The minimum atomic E-state index is -5.25. The van der Waals surface area contributed by atoms with E-state index in [0.29, 0.717) is 6.07 Å². The minimum absolute atomic E-state index is 0.381. The molecule has 1 aromatic carbocycles. The Bertz CT molecular complexity index is 405. The highest BCUT2D eigenvalue weighted by Crippen LogP contribution is 2.36. The SMILES string of the molecule is CC(C)c1cc(F)c(C(F)(F)F)c(F)c1F. The third-order valence-corrected chi connectivity index (χ3v) is 2.09. The molecule has 0 N–H and O–H groups in total. The Morgan fingerprint density at radius 1 is 1.00 bits per heavy atom. The molecule has 0 fully saturated rings. The second kappa shape index (κ2) is 3.99. The number of hydrogen-bond donors (Lipinski definition) is 0. The first-order chi connectivity index (χ1) is 7.16. The number of rotatable bonds is 1. The molecule has 0 saturated heterocycles. The second-order valence-electron chi connectivity index (χ2n) is 3.60. The van der Waals surface area contributed by atoms with E-state index in [2.05, 4.69) is 0 Å². The van der Waals surface area contributed by atoms with Gasteiger partial charge in [-0.3, -0.25) is 0 Å². The van der Waals surface area contributed by atoms with Crippen molar-refractivity contribution in [2.24, 2.45) is 0 Å². The van der Waals surface area contributed by atoms with E-state index in [9.17, 15) is 26.3 Å². The van der Waals surface area contributed by atoms with Crippen molar-refractivity contribution in [3.8, 4) is 0 Å². The van der Waals surface area contributed by atoms with Gasteiger partial charge in [-0.1, -0.05) is 13.8 Å². The van der Waals surface area contributed by atoms with Crippen molar-refractivity contribution >= 4 is 0 Å². The Balaban J connectivity index is 3.53. The third kappa shape index (κ3) is 2.15. The third-order valence-electron chi connectivity index (χ3n) is 2.09.